The first-order chi connectivity index (χ1) is 17.0. The Labute approximate surface area is 215 Å². The smallest absolute Gasteiger partial charge is 0.335 e. The van der Waals surface area contributed by atoms with Gasteiger partial charge in [0, 0.05) is 45.6 Å². The van der Waals surface area contributed by atoms with E-state index in [1.165, 1.54) is 32.9 Å². The molecule has 1 atom stereocenters. The maximum atomic E-state index is 11.9. The van der Waals surface area contributed by atoms with E-state index in [2.05, 4.69) is 99.4 Å². The van der Waals surface area contributed by atoms with Gasteiger partial charge in [-0.2, -0.15) is 0 Å². The lowest BCUT2D eigenvalue weighted by Gasteiger charge is -2.46. The van der Waals surface area contributed by atoms with Crippen LogP contribution in [-0.4, -0.2) is 47.3 Å². The first-order valence-electron chi connectivity index (χ1n) is 12.4. The van der Waals surface area contributed by atoms with E-state index in [0.717, 1.165) is 17.5 Å². The zero-order chi connectivity index (χ0) is 26.0. The summed E-state index contributed by atoms with van der Waals surface area (Å²) < 4.78 is 0. The highest BCUT2D eigenvalue weighted by Gasteiger charge is 2.53. The summed E-state index contributed by atoms with van der Waals surface area (Å²) in [5.74, 6) is -0.902. The fourth-order valence-electron chi connectivity index (χ4n) is 6.14. The zero-order valence-corrected chi connectivity index (χ0v) is 23.0. The Bertz CT molecular complexity index is 1330. The summed E-state index contributed by atoms with van der Waals surface area (Å²) in [5, 5.41) is 16.6. The van der Waals surface area contributed by atoms with Crippen LogP contribution in [0.5, 0.6) is 0 Å². The molecular formula is C30H35N3O2Si. The SMILES string of the molecule is C=CCC1NC2(c3ccc(C(=O)O)cc31)c1ccc(N(C)C)cc1[Si](C)(C)c1cc(N(C)C)ccc12. The topological polar surface area (TPSA) is 55.8 Å². The molecule has 0 radical (unpaired) electrons. The Kier molecular flexibility index (Phi) is 5.65. The van der Waals surface area contributed by atoms with Crippen molar-refractivity contribution in [3.63, 3.8) is 0 Å². The van der Waals surface area contributed by atoms with Crippen molar-refractivity contribution < 1.29 is 9.90 Å². The van der Waals surface area contributed by atoms with Crippen molar-refractivity contribution in [2.45, 2.75) is 31.1 Å². The number of carboxylic acids is 1. The van der Waals surface area contributed by atoms with E-state index in [-0.39, 0.29) is 6.04 Å². The Morgan fingerprint density at radius 1 is 0.944 bits per heavy atom. The van der Waals surface area contributed by atoms with E-state index in [1.807, 2.05) is 18.2 Å². The first-order valence-corrected chi connectivity index (χ1v) is 15.4. The van der Waals surface area contributed by atoms with Crippen molar-refractivity contribution >= 4 is 35.8 Å². The van der Waals surface area contributed by atoms with Crippen molar-refractivity contribution in [3.05, 3.63) is 95.1 Å². The molecule has 0 amide bonds. The van der Waals surface area contributed by atoms with Gasteiger partial charge >= 0.3 is 5.97 Å². The third-order valence-corrected chi connectivity index (χ3v) is 11.6. The molecule has 1 spiro atoms. The average molecular weight is 498 g/mol. The molecule has 5 rings (SSSR count). The number of benzene rings is 3. The van der Waals surface area contributed by atoms with Crippen LogP contribution in [0.3, 0.4) is 0 Å². The second-order valence-corrected chi connectivity index (χ2v) is 15.3. The molecule has 0 saturated heterocycles. The molecule has 1 unspecified atom stereocenters. The van der Waals surface area contributed by atoms with Gasteiger partial charge in [0.15, 0.2) is 0 Å². The summed E-state index contributed by atoms with van der Waals surface area (Å²) in [6.07, 6.45) is 2.64. The standard InChI is InChI=1S/C30H35N3O2Si/c1-8-9-26-22-16-19(29(34)35)10-13-23(22)30(31-26)24-14-11-20(32(2)3)17-27(24)36(6,7)28-18-21(33(4)5)12-15-25(28)30/h8,10-18,26,31H,1,9H2,2-7H3,(H,34,35). The number of carbonyl (C=O) groups is 1. The highest BCUT2D eigenvalue weighted by molar-refractivity contribution is 7.01. The van der Waals surface area contributed by atoms with Crippen LogP contribution in [0.25, 0.3) is 0 Å². The molecule has 2 N–H and O–H groups in total. The molecule has 186 valence electrons. The molecule has 6 heteroatoms. The maximum absolute atomic E-state index is 11.9. The fraction of sp³-hybridized carbons (Fsp3) is 0.300. The van der Waals surface area contributed by atoms with Gasteiger partial charge in [0.25, 0.3) is 0 Å². The van der Waals surface area contributed by atoms with Crippen LogP contribution in [0.1, 0.15) is 45.1 Å². The number of fused-ring (bicyclic) bond motifs is 6. The van der Waals surface area contributed by atoms with Gasteiger partial charge in [0.05, 0.1) is 11.1 Å². The van der Waals surface area contributed by atoms with Crippen LogP contribution in [-0.2, 0) is 5.54 Å². The number of carboxylic acid groups (broad SMARTS) is 1. The molecule has 5 nitrogen and oxygen atoms in total. The summed E-state index contributed by atoms with van der Waals surface area (Å²) in [4.78, 5) is 16.2. The molecule has 0 bridgehead atoms. The lowest BCUT2D eigenvalue weighted by molar-refractivity contribution is 0.0696. The van der Waals surface area contributed by atoms with Crippen molar-refractivity contribution in [1.82, 2.24) is 5.32 Å². The lowest BCUT2D eigenvalue weighted by atomic mass is 9.77. The van der Waals surface area contributed by atoms with Crippen LogP contribution >= 0.6 is 0 Å². The molecule has 3 aromatic carbocycles. The molecule has 2 heterocycles. The van der Waals surface area contributed by atoms with E-state index < -0.39 is 19.6 Å². The second kappa shape index (κ2) is 8.35. The fourth-order valence-corrected chi connectivity index (χ4v) is 9.34. The van der Waals surface area contributed by atoms with E-state index >= 15 is 0 Å². The Hall–Kier alpha value is -3.35. The summed E-state index contributed by atoms with van der Waals surface area (Å²) >= 11 is 0. The minimum atomic E-state index is -2.08. The van der Waals surface area contributed by atoms with Gasteiger partial charge < -0.3 is 14.9 Å². The largest absolute Gasteiger partial charge is 0.478 e. The normalized spacial score (nSPS) is 18.2. The van der Waals surface area contributed by atoms with Gasteiger partial charge in [-0.3, -0.25) is 5.32 Å². The highest BCUT2D eigenvalue weighted by Crippen LogP contribution is 2.49. The van der Waals surface area contributed by atoms with Crippen LogP contribution in [0, 0.1) is 0 Å². The van der Waals surface area contributed by atoms with Crippen LogP contribution < -0.4 is 25.5 Å². The Balaban J connectivity index is 1.89. The summed E-state index contributed by atoms with van der Waals surface area (Å²) in [6, 6.07) is 19.4. The van der Waals surface area contributed by atoms with Gasteiger partial charge in [0.2, 0.25) is 0 Å². The lowest BCUT2D eigenvalue weighted by Crippen LogP contribution is -2.65. The number of nitrogens with zero attached hydrogens (tertiary/aromatic N) is 2. The summed E-state index contributed by atoms with van der Waals surface area (Å²) in [7, 11) is 6.27. The van der Waals surface area contributed by atoms with Crippen molar-refractivity contribution in [1.29, 1.82) is 0 Å². The molecule has 0 fully saturated rings. The van der Waals surface area contributed by atoms with Crippen LogP contribution in [0.2, 0.25) is 13.1 Å². The van der Waals surface area contributed by atoms with E-state index in [9.17, 15) is 9.90 Å². The van der Waals surface area contributed by atoms with E-state index in [0.29, 0.717) is 5.56 Å². The highest BCUT2D eigenvalue weighted by atomic mass is 28.3. The second-order valence-electron chi connectivity index (χ2n) is 11.0. The predicted octanol–water partition coefficient (Wildman–Crippen LogP) is 4.17. The van der Waals surface area contributed by atoms with E-state index in [1.54, 1.807) is 6.07 Å². The van der Waals surface area contributed by atoms with Crippen LogP contribution in [0.15, 0.2) is 67.3 Å². The maximum Gasteiger partial charge on any atom is 0.335 e. The minimum Gasteiger partial charge on any atom is -0.478 e. The summed E-state index contributed by atoms with van der Waals surface area (Å²) in [5.41, 5.74) is 6.90. The number of hydrogen-bond acceptors (Lipinski definition) is 4. The third-order valence-electron chi connectivity index (χ3n) is 8.06. The Morgan fingerprint density at radius 3 is 1.94 bits per heavy atom. The van der Waals surface area contributed by atoms with Gasteiger partial charge in [-0.1, -0.05) is 37.4 Å². The zero-order valence-electron chi connectivity index (χ0n) is 22.0. The average Bonchev–Trinajstić information content (AvgIpc) is 3.16. The first kappa shape index (κ1) is 24.3. The Morgan fingerprint density at radius 2 is 1.47 bits per heavy atom. The molecule has 2 aliphatic rings. The molecular weight excluding hydrogens is 462 g/mol. The molecule has 3 aromatic rings. The van der Waals surface area contributed by atoms with Crippen molar-refractivity contribution in [2.75, 3.05) is 38.0 Å². The molecule has 0 saturated carbocycles. The number of hydrogen-bond donors (Lipinski definition) is 2. The predicted molar refractivity (Wildman–Crippen MR) is 152 cm³/mol. The minimum absolute atomic E-state index is 0.0255. The monoisotopic (exact) mass is 497 g/mol. The quantitative estimate of drug-likeness (QED) is 0.409. The van der Waals surface area contributed by atoms with Gasteiger partial charge in [-0.15, -0.1) is 6.58 Å². The van der Waals surface area contributed by atoms with Crippen molar-refractivity contribution in [3.8, 4) is 0 Å². The third kappa shape index (κ3) is 3.35. The van der Waals surface area contributed by atoms with Crippen LogP contribution in [0.4, 0.5) is 11.4 Å². The molecule has 36 heavy (non-hydrogen) atoms. The summed E-state index contributed by atoms with van der Waals surface area (Å²) in [6.45, 7) is 8.89. The van der Waals surface area contributed by atoms with Gasteiger partial charge in [-0.25, -0.2) is 4.79 Å². The van der Waals surface area contributed by atoms with Gasteiger partial charge in [-0.05, 0) is 75.4 Å². The molecule has 0 aromatic heterocycles. The number of anilines is 2. The van der Waals surface area contributed by atoms with Crippen molar-refractivity contribution in [2.24, 2.45) is 0 Å². The molecule has 2 aliphatic heterocycles. The van der Waals surface area contributed by atoms with Gasteiger partial charge in [0.1, 0.15) is 8.07 Å². The number of aromatic carboxylic acids is 1. The molecule has 0 aliphatic carbocycles. The number of rotatable bonds is 5. The van der Waals surface area contributed by atoms with E-state index in [4.69, 9.17) is 0 Å². The number of nitrogens with one attached hydrogen (secondary N) is 1.